The van der Waals surface area contributed by atoms with Crippen LogP contribution in [0.2, 0.25) is 0 Å². The predicted molar refractivity (Wildman–Crippen MR) is 100 cm³/mol. The zero-order valence-corrected chi connectivity index (χ0v) is 15.4. The third-order valence-electron chi connectivity index (χ3n) is 3.87. The van der Waals surface area contributed by atoms with E-state index in [1.807, 2.05) is 0 Å². The Hall–Kier alpha value is -3.75. The number of amides is 2. The first-order chi connectivity index (χ1) is 13.6. The number of nitrogens with zero attached hydrogens (tertiary/aromatic N) is 1. The number of carbonyl (C=O) groups excluding carboxylic acids is 2. The Bertz CT molecular complexity index is 913. The lowest BCUT2D eigenvalue weighted by Crippen LogP contribution is -2.34. The van der Waals surface area contributed by atoms with E-state index in [0.29, 0.717) is 34.1 Å². The van der Waals surface area contributed by atoms with Crippen molar-refractivity contribution in [2.45, 2.75) is 0 Å². The second-order valence-corrected chi connectivity index (χ2v) is 5.63. The lowest BCUT2D eigenvalue weighted by atomic mass is 10.2. The van der Waals surface area contributed by atoms with Gasteiger partial charge in [0.2, 0.25) is 6.79 Å². The van der Waals surface area contributed by atoms with Gasteiger partial charge in [-0.1, -0.05) is 6.07 Å². The number of fused-ring (bicyclic) bond motifs is 1. The maximum absolute atomic E-state index is 12.1. The zero-order chi connectivity index (χ0) is 19.9. The first kappa shape index (κ1) is 19.0. The summed E-state index contributed by atoms with van der Waals surface area (Å²) in [5.41, 5.74) is 3.34. The average molecular weight is 385 g/mol. The Morgan fingerprint density at radius 1 is 1.14 bits per heavy atom. The van der Waals surface area contributed by atoms with Crippen LogP contribution in [0, 0.1) is 0 Å². The fourth-order valence-corrected chi connectivity index (χ4v) is 2.53. The molecule has 0 spiro atoms. The largest absolute Gasteiger partial charge is 0.493 e. The van der Waals surface area contributed by atoms with Crippen molar-refractivity contribution in [1.29, 1.82) is 0 Å². The molecule has 0 saturated carbocycles. The molecule has 2 N–H and O–H groups in total. The van der Waals surface area contributed by atoms with Crippen molar-refractivity contribution in [3.63, 3.8) is 0 Å². The Morgan fingerprint density at radius 3 is 2.75 bits per heavy atom. The maximum Gasteiger partial charge on any atom is 0.259 e. The molecule has 0 unspecified atom stereocenters. The van der Waals surface area contributed by atoms with Crippen LogP contribution in [0.5, 0.6) is 23.0 Å². The second kappa shape index (κ2) is 8.76. The van der Waals surface area contributed by atoms with Crippen molar-refractivity contribution in [3.8, 4) is 23.0 Å². The Balaban J connectivity index is 1.52. The molecule has 0 bridgehead atoms. The lowest BCUT2D eigenvalue weighted by Gasteiger charge is -2.09. The molecule has 28 heavy (non-hydrogen) atoms. The van der Waals surface area contributed by atoms with E-state index >= 15 is 0 Å². The van der Waals surface area contributed by atoms with E-state index in [1.165, 1.54) is 20.4 Å². The van der Waals surface area contributed by atoms with Gasteiger partial charge in [0.1, 0.15) is 0 Å². The van der Waals surface area contributed by atoms with Crippen molar-refractivity contribution < 1.29 is 28.5 Å². The molecule has 146 valence electrons. The van der Waals surface area contributed by atoms with Crippen molar-refractivity contribution in [2.75, 3.05) is 27.6 Å². The molecule has 9 nitrogen and oxygen atoms in total. The molecule has 9 heteroatoms. The van der Waals surface area contributed by atoms with Crippen LogP contribution in [-0.4, -0.2) is 45.6 Å². The number of rotatable bonds is 7. The number of hydrogen-bond donors (Lipinski definition) is 2. The SMILES string of the molecule is COc1cccc(/C=N/NC(=O)CNC(=O)c2ccc3c(c2)OCO3)c1OC. The summed E-state index contributed by atoms with van der Waals surface area (Å²) < 4.78 is 20.9. The van der Waals surface area contributed by atoms with Gasteiger partial charge in [-0.05, 0) is 30.3 Å². The molecule has 1 heterocycles. The number of carbonyl (C=O) groups is 2. The zero-order valence-electron chi connectivity index (χ0n) is 15.4. The van der Waals surface area contributed by atoms with E-state index in [2.05, 4.69) is 15.8 Å². The van der Waals surface area contributed by atoms with Gasteiger partial charge < -0.3 is 24.3 Å². The summed E-state index contributed by atoms with van der Waals surface area (Å²) in [5.74, 6) is 1.23. The summed E-state index contributed by atoms with van der Waals surface area (Å²) in [4.78, 5) is 24.0. The minimum Gasteiger partial charge on any atom is -0.493 e. The van der Waals surface area contributed by atoms with Crippen molar-refractivity contribution in [3.05, 3.63) is 47.5 Å². The number of hydrazone groups is 1. The van der Waals surface area contributed by atoms with Gasteiger partial charge in [0, 0.05) is 11.1 Å². The third-order valence-corrected chi connectivity index (χ3v) is 3.87. The Labute approximate surface area is 161 Å². The Kier molecular flexibility index (Phi) is 5.95. The fraction of sp³-hybridized carbons (Fsp3) is 0.211. The van der Waals surface area contributed by atoms with Crippen LogP contribution in [0.15, 0.2) is 41.5 Å². The molecule has 0 radical (unpaired) electrons. The molecular formula is C19H19N3O6. The summed E-state index contributed by atoms with van der Waals surface area (Å²) in [7, 11) is 3.04. The van der Waals surface area contributed by atoms with Gasteiger partial charge >= 0.3 is 0 Å². The minimum absolute atomic E-state index is 0.124. The average Bonchev–Trinajstić information content (AvgIpc) is 3.19. The molecule has 0 aliphatic carbocycles. The molecule has 1 aliphatic heterocycles. The molecule has 2 amide bonds. The van der Waals surface area contributed by atoms with Gasteiger partial charge in [-0.3, -0.25) is 9.59 Å². The second-order valence-electron chi connectivity index (χ2n) is 5.63. The highest BCUT2D eigenvalue weighted by atomic mass is 16.7. The van der Waals surface area contributed by atoms with Crippen molar-refractivity contribution >= 4 is 18.0 Å². The van der Waals surface area contributed by atoms with Crippen LogP contribution in [0.4, 0.5) is 0 Å². The van der Waals surface area contributed by atoms with Crippen molar-refractivity contribution in [1.82, 2.24) is 10.7 Å². The van der Waals surface area contributed by atoms with Crippen LogP contribution in [0.1, 0.15) is 15.9 Å². The van der Waals surface area contributed by atoms with Crippen LogP contribution in [0.25, 0.3) is 0 Å². The lowest BCUT2D eigenvalue weighted by molar-refractivity contribution is -0.120. The van der Waals surface area contributed by atoms with Gasteiger partial charge in [-0.15, -0.1) is 0 Å². The van der Waals surface area contributed by atoms with E-state index in [1.54, 1.807) is 36.4 Å². The van der Waals surface area contributed by atoms with Crippen LogP contribution < -0.4 is 29.7 Å². The van der Waals surface area contributed by atoms with E-state index in [4.69, 9.17) is 18.9 Å². The number of benzene rings is 2. The highest BCUT2D eigenvalue weighted by molar-refractivity contribution is 5.97. The maximum atomic E-state index is 12.1. The normalized spacial score (nSPS) is 11.9. The summed E-state index contributed by atoms with van der Waals surface area (Å²) in [6, 6.07) is 10.1. The monoisotopic (exact) mass is 385 g/mol. The van der Waals surface area contributed by atoms with E-state index < -0.39 is 11.8 Å². The van der Waals surface area contributed by atoms with Gasteiger partial charge in [-0.25, -0.2) is 5.43 Å². The molecule has 3 rings (SSSR count). The van der Waals surface area contributed by atoms with E-state index in [9.17, 15) is 9.59 Å². The van der Waals surface area contributed by atoms with E-state index in [0.717, 1.165) is 0 Å². The molecule has 2 aromatic carbocycles. The third kappa shape index (κ3) is 4.32. The standard InChI is InChI=1S/C19H19N3O6/c1-25-15-5-3-4-13(18(15)26-2)9-21-22-17(23)10-20-19(24)12-6-7-14-16(8-12)28-11-27-14/h3-9H,10-11H2,1-2H3,(H,20,24)(H,22,23)/b21-9+. The van der Waals surface area contributed by atoms with Crippen molar-refractivity contribution in [2.24, 2.45) is 5.10 Å². The predicted octanol–water partition coefficient (Wildman–Crippen LogP) is 1.31. The summed E-state index contributed by atoms with van der Waals surface area (Å²) >= 11 is 0. The number of methoxy groups -OCH3 is 2. The first-order valence-corrected chi connectivity index (χ1v) is 8.33. The topological polar surface area (TPSA) is 107 Å². The molecule has 0 fully saturated rings. The fourth-order valence-electron chi connectivity index (χ4n) is 2.53. The number of nitrogens with one attached hydrogen (secondary N) is 2. The Morgan fingerprint density at radius 2 is 1.96 bits per heavy atom. The number of ether oxygens (including phenoxy) is 4. The van der Waals surface area contributed by atoms with Gasteiger partial charge in [0.05, 0.1) is 27.0 Å². The van der Waals surface area contributed by atoms with Crippen LogP contribution in [0.3, 0.4) is 0 Å². The molecule has 0 aromatic heterocycles. The smallest absolute Gasteiger partial charge is 0.259 e. The summed E-state index contributed by atoms with van der Waals surface area (Å²) in [5, 5.41) is 6.39. The molecule has 0 saturated heterocycles. The summed E-state index contributed by atoms with van der Waals surface area (Å²) in [6.45, 7) is -0.112. The molecule has 2 aromatic rings. The van der Waals surface area contributed by atoms with Crippen LogP contribution >= 0.6 is 0 Å². The molecular weight excluding hydrogens is 366 g/mol. The highest BCUT2D eigenvalue weighted by Gasteiger charge is 2.16. The minimum atomic E-state index is -0.479. The first-order valence-electron chi connectivity index (χ1n) is 8.33. The quantitative estimate of drug-likeness (QED) is 0.550. The summed E-state index contributed by atoms with van der Waals surface area (Å²) in [6.07, 6.45) is 1.43. The van der Waals surface area contributed by atoms with Gasteiger partial charge in [-0.2, -0.15) is 5.10 Å². The van der Waals surface area contributed by atoms with Gasteiger partial charge in [0.25, 0.3) is 11.8 Å². The molecule has 0 atom stereocenters. The van der Waals surface area contributed by atoms with Crippen LogP contribution in [-0.2, 0) is 4.79 Å². The van der Waals surface area contributed by atoms with E-state index in [-0.39, 0.29) is 13.3 Å². The van der Waals surface area contributed by atoms with Gasteiger partial charge in [0.15, 0.2) is 23.0 Å². The number of hydrogen-bond acceptors (Lipinski definition) is 7. The number of para-hydroxylation sites is 1. The molecule has 1 aliphatic rings. The highest BCUT2D eigenvalue weighted by Crippen LogP contribution is 2.32.